The van der Waals surface area contributed by atoms with Crippen LogP contribution in [0.15, 0.2) is 53.3 Å². The smallest absolute Gasteiger partial charge is 0.279 e. The standard InChI is InChI=1S/C20H18FN3O2/c1-12(13-6-3-2-4-7-13)24(14-10-11-14)20(26)18-19(25)15-8-5-9-16(21)17(15)22-23-18/h2-9,12,14H,10-11H2,1H3,(H,22,25). The summed E-state index contributed by atoms with van der Waals surface area (Å²) < 4.78 is 13.8. The van der Waals surface area contributed by atoms with Crippen LogP contribution in [0.2, 0.25) is 0 Å². The predicted octanol–water partition coefficient (Wildman–Crippen LogP) is 3.43. The molecular formula is C20H18FN3O2. The van der Waals surface area contributed by atoms with Gasteiger partial charge in [0.2, 0.25) is 5.43 Å². The number of para-hydroxylation sites is 1. The minimum atomic E-state index is -0.567. The molecule has 1 unspecified atom stereocenters. The van der Waals surface area contributed by atoms with E-state index in [9.17, 15) is 14.0 Å². The van der Waals surface area contributed by atoms with Crippen LogP contribution in [0.3, 0.4) is 0 Å². The monoisotopic (exact) mass is 351 g/mol. The Morgan fingerprint density at radius 2 is 1.92 bits per heavy atom. The molecule has 6 heteroatoms. The summed E-state index contributed by atoms with van der Waals surface area (Å²) in [6.07, 6.45) is 1.81. The van der Waals surface area contributed by atoms with Crippen LogP contribution in [-0.4, -0.2) is 27.0 Å². The van der Waals surface area contributed by atoms with Crippen LogP contribution in [0.4, 0.5) is 4.39 Å². The van der Waals surface area contributed by atoms with Crippen molar-refractivity contribution in [1.29, 1.82) is 0 Å². The number of benzene rings is 2. The molecule has 3 aromatic rings. The Morgan fingerprint density at radius 1 is 1.19 bits per heavy atom. The number of rotatable bonds is 4. The summed E-state index contributed by atoms with van der Waals surface area (Å²) in [7, 11) is 0. The Balaban J connectivity index is 1.77. The molecule has 1 aromatic heterocycles. The van der Waals surface area contributed by atoms with Gasteiger partial charge in [0.15, 0.2) is 5.69 Å². The van der Waals surface area contributed by atoms with Crippen molar-refractivity contribution in [2.24, 2.45) is 0 Å². The van der Waals surface area contributed by atoms with Gasteiger partial charge in [0.1, 0.15) is 11.3 Å². The first-order valence-electron chi connectivity index (χ1n) is 8.62. The topological polar surface area (TPSA) is 66.1 Å². The lowest BCUT2D eigenvalue weighted by molar-refractivity contribution is 0.0665. The molecule has 4 rings (SSSR count). The van der Waals surface area contributed by atoms with Gasteiger partial charge in [-0.25, -0.2) is 4.39 Å². The van der Waals surface area contributed by atoms with Crippen molar-refractivity contribution in [2.75, 3.05) is 0 Å². The fourth-order valence-electron chi connectivity index (χ4n) is 3.29. The number of amides is 1. The molecule has 1 heterocycles. The zero-order valence-corrected chi connectivity index (χ0v) is 14.3. The van der Waals surface area contributed by atoms with Gasteiger partial charge in [-0.1, -0.05) is 36.4 Å². The van der Waals surface area contributed by atoms with Crippen molar-refractivity contribution in [3.63, 3.8) is 0 Å². The van der Waals surface area contributed by atoms with E-state index in [1.165, 1.54) is 18.2 Å². The highest BCUT2D eigenvalue weighted by Crippen LogP contribution is 2.35. The van der Waals surface area contributed by atoms with Gasteiger partial charge < -0.3 is 4.90 Å². The summed E-state index contributed by atoms with van der Waals surface area (Å²) in [5.41, 5.74) is 0.270. The average molecular weight is 351 g/mol. The SMILES string of the molecule is CC(c1ccccc1)N(C(=O)c1n[nH]c2c(F)cccc2c1=O)C1CC1. The quantitative estimate of drug-likeness (QED) is 0.783. The third-order valence-electron chi connectivity index (χ3n) is 4.83. The van der Waals surface area contributed by atoms with Crippen molar-refractivity contribution in [3.8, 4) is 0 Å². The van der Waals surface area contributed by atoms with E-state index in [2.05, 4.69) is 10.2 Å². The van der Waals surface area contributed by atoms with Crippen LogP contribution in [-0.2, 0) is 0 Å². The zero-order valence-electron chi connectivity index (χ0n) is 14.3. The molecule has 0 radical (unpaired) electrons. The van der Waals surface area contributed by atoms with Crippen LogP contribution < -0.4 is 5.43 Å². The van der Waals surface area contributed by atoms with Gasteiger partial charge in [-0.15, -0.1) is 0 Å². The van der Waals surface area contributed by atoms with Crippen LogP contribution in [0.1, 0.15) is 41.9 Å². The maximum Gasteiger partial charge on any atom is 0.279 e. The molecule has 1 atom stereocenters. The number of nitrogens with zero attached hydrogens (tertiary/aromatic N) is 2. The van der Waals surface area contributed by atoms with Gasteiger partial charge in [-0.2, -0.15) is 5.10 Å². The minimum Gasteiger partial charge on any atom is -0.327 e. The lowest BCUT2D eigenvalue weighted by Gasteiger charge is -2.29. The van der Waals surface area contributed by atoms with E-state index in [1.807, 2.05) is 37.3 Å². The summed E-state index contributed by atoms with van der Waals surface area (Å²) >= 11 is 0. The summed E-state index contributed by atoms with van der Waals surface area (Å²) in [6, 6.07) is 13.8. The molecule has 132 valence electrons. The highest BCUT2D eigenvalue weighted by Gasteiger charge is 2.38. The minimum absolute atomic E-state index is 0.0168. The third-order valence-corrected chi connectivity index (χ3v) is 4.83. The molecule has 1 fully saturated rings. The van der Waals surface area contributed by atoms with E-state index < -0.39 is 17.2 Å². The third kappa shape index (κ3) is 2.77. The van der Waals surface area contributed by atoms with Crippen LogP contribution >= 0.6 is 0 Å². The normalized spacial score (nSPS) is 15.0. The predicted molar refractivity (Wildman–Crippen MR) is 96.4 cm³/mol. The van der Waals surface area contributed by atoms with E-state index in [1.54, 1.807) is 4.90 Å². The van der Waals surface area contributed by atoms with E-state index in [4.69, 9.17) is 0 Å². The van der Waals surface area contributed by atoms with Crippen molar-refractivity contribution in [3.05, 3.63) is 75.8 Å². The number of H-pyrrole nitrogens is 1. The number of aromatic amines is 1. The van der Waals surface area contributed by atoms with Crippen molar-refractivity contribution < 1.29 is 9.18 Å². The summed E-state index contributed by atoms with van der Waals surface area (Å²) in [6.45, 7) is 1.94. The van der Waals surface area contributed by atoms with Crippen molar-refractivity contribution in [2.45, 2.75) is 31.8 Å². The van der Waals surface area contributed by atoms with Crippen LogP contribution in [0, 0.1) is 5.82 Å². The first-order chi connectivity index (χ1) is 12.6. The highest BCUT2D eigenvalue weighted by molar-refractivity contribution is 5.95. The fourth-order valence-corrected chi connectivity index (χ4v) is 3.29. The zero-order chi connectivity index (χ0) is 18.3. The van der Waals surface area contributed by atoms with Crippen LogP contribution in [0.25, 0.3) is 10.9 Å². The summed E-state index contributed by atoms with van der Waals surface area (Å²) in [5, 5.41) is 6.57. The summed E-state index contributed by atoms with van der Waals surface area (Å²) in [4.78, 5) is 27.6. The van der Waals surface area contributed by atoms with Crippen molar-refractivity contribution in [1.82, 2.24) is 15.1 Å². The first-order valence-corrected chi connectivity index (χ1v) is 8.62. The molecule has 5 nitrogen and oxygen atoms in total. The number of carbonyl (C=O) groups excluding carboxylic acids is 1. The maximum absolute atomic E-state index is 13.8. The molecule has 0 aliphatic heterocycles. The Hall–Kier alpha value is -3.02. The number of hydrogen-bond acceptors (Lipinski definition) is 3. The molecule has 0 saturated heterocycles. The maximum atomic E-state index is 13.8. The van der Waals surface area contributed by atoms with E-state index in [0.29, 0.717) is 0 Å². The molecule has 1 amide bonds. The van der Waals surface area contributed by atoms with Gasteiger partial charge in [-0.3, -0.25) is 14.7 Å². The second kappa shape index (κ2) is 6.37. The van der Waals surface area contributed by atoms with E-state index >= 15 is 0 Å². The highest BCUT2D eigenvalue weighted by atomic mass is 19.1. The molecule has 0 bridgehead atoms. The Morgan fingerprint density at radius 3 is 2.62 bits per heavy atom. The molecule has 1 aliphatic carbocycles. The second-order valence-corrected chi connectivity index (χ2v) is 6.59. The number of fused-ring (bicyclic) bond motifs is 1. The average Bonchev–Trinajstić information content (AvgIpc) is 3.48. The van der Waals surface area contributed by atoms with E-state index in [0.717, 1.165) is 18.4 Å². The van der Waals surface area contributed by atoms with Gasteiger partial charge in [0.05, 0.1) is 11.4 Å². The molecule has 1 N–H and O–H groups in total. The largest absolute Gasteiger partial charge is 0.327 e. The molecular weight excluding hydrogens is 333 g/mol. The molecule has 26 heavy (non-hydrogen) atoms. The van der Waals surface area contributed by atoms with Gasteiger partial charge in [0, 0.05) is 6.04 Å². The van der Waals surface area contributed by atoms with Crippen LogP contribution in [0.5, 0.6) is 0 Å². The van der Waals surface area contributed by atoms with Gasteiger partial charge in [-0.05, 0) is 37.5 Å². The molecule has 0 spiro atoms. The number of aromatic nitrogens is 2. The lowest BCUT2D eigenvalue weighted by Crippen LogP contribution is -2.39. The molecule has 2 aromatic carbocycles. The Labute approximate surface area is 149 Å². The Kier molecular flexibility index (Phi) is 4.03. The second-order valence-electron chi connectivity index (χ2n) is 6.59. The number of hydrogen-bond donors (Lipinski definition) is 1. The summed E-state index contributed by atoms with van der Waals surface area (Å²) in [5.74, 6) is -0.987. The Bertz CT molecular complexity index is 1030. The number of carbonyl (C=O) groups is 1. The number of nitrogens with one attached hydrogen (secondary N) is 1. The first kappa shape index (κ1) is 16.4. The number of halogens is 1. The van der Waals surface area contributed by atoms with Crippen molar-refractivity contribution >= 4 is 16.8 Å². The van der Waals surface area contributed by atoms with Gasteiger partial charge >= 0.3 is 0 Å². The fraction of sp³-hybridized carbons (Fsp3) is 0.250. The molecule has 1 aliphatic rings. The lowest BCUT2D eigenvalue weighted by atomic mass is 10.1. The van der Waals surface area contributed by atoms with Gasteiger partial charge in [0.25, 0.3) is 5.91 Å². The van der Waals surface area contributed by atoms with E-state index in [-0.39, 0.29) is 28.7 Å². The molecule has 1 saturated carbocycles.